The van der Waals surface area contributed by atoms with Gasteiger partial charge >= 0.3 is 11.9 Å². The number of amides is 1. The quantitative estimate of drug-likeness (QED) is 0.243. The van der Waals surface area contributed by atoms with Gasteiger partial charge in [0.15, 0.2) is 0 Å². The molecule has 222 valence electrons. The van der Waals surface area contributed by atoms with Crippen LogP contribution >= 0.6 is 11.6 Å². The summed E-state index contributed by atoms with van der Waals surface area (Å²) in [6.07, 6.45) is 4.12. The van der Waals surface area contributed by atoms with Crippen LogP contribution in [0.2, 0.25) is 5.02 Å². The van der Waals surface area contributed by atoms with Gasteiger partial charge in [-0.1, -0.05) is 23.7 Å². The first kappa shape index (κ1) is 30.0. The van der Waals surface area contributed by atoms with E-state index in [4.69, 9.17) is 21.1 Å². The number of methoxy groups -OCH3 is 1. The molecule has 1 amide bonds. The first-order chi connectivity index (χ1) is 20.2. The Morgan fingerprint density at radius 3 is 2.50 bits per heavy atom. The van der Waals surface area contributed by atoms with E-state index in [2.05, 4.69) is 10.3 Å². The van der Waals surface area contributed by atoms with Crippen molar-refractivity contribution in [3.8, 4) is 0 Å². The third kappa shape index (κ3) is 6.45. The number of hydrogen-bond acceptors (Lipinski definition) is 7. The smallest absolute Gasteiger partial charge is 0.330 e. The van der Waals surface area contributed by atoms with Gasteiger partial charge in [-0.3, -0.25) is 19.4 Å². The number of ether oxygens (including phenoxy) is 2. The van der Waals surface area contributed by atoms with Gasteiger partial charge in [-0.25, -0.2) is 9.29 Å². The van der Waals surface area contributed by atoms with Crippen LogP contribution in [0.15, 0.2) is 48.7 Å². The number of likely N-dealkylation sites (tertiary alicyclic amines) is 1. The predicted octanol–water partition coefficient (Wildman–Crippen LogP) is 5.86. The third-order valence-corrected chi connectivity index (χ3v) is 8.29. The number of aromatic nitrogens is 1. The van der Waals surface area contributed by atoms with Crippen molar-refractivity contribution in [2.75, 3.05) is 25.5 Å². The minimum absolute atomic E-state index is 0.0351. The Kier molecular flexibility index (Phi) is 9.15. The van der Waals surface area contributed by atoms with Crippen LogP contribution in [0.4, 0.5) is 14.5 Å². The average Bonchev–Trinajstić information content (AvgIpc) is 3.54. The van der Waals surface area contributed by atoms with Gasteiger partial charge in [0, 0.05) is 31.1 Å². The maximum atomic E-state index is 16.5. The Balaban J connectivity index is 1.28. The summed E-state index contributed by atoms with van der Waals surface area (Å²) in [7, 11) is 1.35. The predicted molar refractivity (Wildman–Crippen MR) is 153 cm³/mol. The minimum atomic E-state index is -2.60. The number of alkyl halides is 1. The highest BCUT2D eigenvalue weighted by Gasteiger charge is 2.48. The monoisotopic (exact) mass is 599 g/mol. The van der Waals surface area contributed by atoms with Crippen molar-refractivity contribution in [3.63, 3.8) is 0 Å². The van der Waals surface area contributed by atoms with Crippen molar-refractivity contribution < 1.29 is 32.6 Å². The highest BCUT2D eigenvalue weighted by Crippen LogP contribution is 2.35. The van der Waals surface area contributed by atoms with Crippen LogP contribution in [0.1, 0.15) is 54.6 Å². The van der Waals surface area contributed by atoms with Crippen molar-refractivity contribution >= 4 is 45.7 Å². The molecule has 2 aromatic carbocycles. The summed E-state index contributed by atoms with van der Waals surface area (Å²) < 4.78 is 41.1. The lowest BCUT2D eigenvalue weighted by Crippen LogP contribution is -2.54. The van der Waals surface area contributed by atoms with E-state index in [0.29, 0.717) is 55.1 Å². The Morgan fingerprint density at radius 2 is 1.81 bits per heavy atom. The molecule has 42 heavy (non-hydrogen) atoms. The molecule has 3 aromatic rings. The van der Waals surface area contributed by atoms with Gasteiger partial charge < -0.3 is 14.8 Å². The molecule has 0 spiro atoms. The van der Waals surface area contributed by atoms with Gasteiger partial charge in [-0.15, -0.1) is 0 Å². The van der Waals surface area contributed by atoms with E-state index >= 15 is 4.39 Å². The second-order valence-corrected chi connectivity index (χ2v) is 11.2. The molecule has 1 aliphatic carbocycles. The van der Waals surface area contributed by atoms with Crippen LogP contribution in [-0.2, 0) is 25.5 Å². The summed E-state index contributed by atoms with van der Waals surface area (Å²) in [6.45, 7) is 0.801. The number of fused-ring (bicyclic) bond motifs is 1. The minimum Gasteiger partial charge on any atom is -0.469 e. The number of Topliss-reactive ketones (excluding diaryl/α,β-unsaturated/α-hetero) is 1. The fraction of sp³-hybridized carbons (Fsp3) is 0.419. The summed E-state index contributed by atoms with van der Waals surface area (Å²) in [5, 5.41) is 3.84. The van der Waals surface area contributed by atoms with Crippen LogP contribution in [0, 0.1) is 11.7 Å². The Bertz CT molecular complexity index is 1490. The molecule has 0 bridgehead atoms. The van der Waals surface area contributed by atoms with Crippen LogP contribution < -0.4 is 5.32 Å². The molecule has 1 aliphatic heterocycles. The first-order valence-corrected chi connectivity index (χ1v) is 14.4. The first-order valence-electron chi connectivity index (χ1n) is 14.0. The molecule has 1 saturated carbocycles. The average molecular weight is 600 g/mol. The second kappa shape index (κ2) is 12.8. The zero-order chi connectivity index (χ0) is 29.9. The highest BCUT2D eigenvalue weighted by atomic mass is 35.5. The van der Waals surface area contributed by atoms with Crippen LogP contribution in [0.3, 0.4) is 0 Å². The van der Waals surface area contributed by atoms with Gasteiger partial charge in [-0.2, -0.15) is 4.39 Å². The van der Waals surface area contributed by atoms with Crippen molar-refractivity contribution in [2.45, 2.75) is 57.0 Å². The summed E-state index contributed by atoms with van der Waals surface area (Å²) >= 11 is 6.46. The number of nitrogens with one attached hydrogen (secondary N) is 1. The molecular formula is C31H32ClF2N3O5. The summed E-state index contributed by atoms with van der Waals surface area (Å²) in [6, 6.07) is 10.4. The number of hydrogen-bond donors (Lipinski definition) is 1. The van der Waals surface area contributed by atoms with Crippen LogP contribution in [0.25, 0.3) is 10.8 Å². The molecule has 5 rings (SSSR count). The van der Waals surface area contributed by atoms with Gasteiger partial charge in [-0.05, 0) is 79.8 Å². The fourth-order valence-electron chi connectivity index (χ4n) is 5.69. The van der Waals surface area contributed by atoms with Crippen molar-refractivity contribution in [1.29, 1.82) is 0 Å². The molecule has 0 radical (unpaired) electrons. The maximum absolute atomic E-state index is 16.5. The van der Waals surface area contributed by atoms with E-state index in [1.165, 1.54) is 42.5 Å². The molecule has 1 N–H and O–H groups in total. The zero-order valence-electron chi connectivity index (χ0n) is 23.2. The summed E-state index contributed by atoms with van der Waals surface area (Å²) in [4.78, 5) is 43.9. The van der Waals surface area contributed by atoms with Gasteiger partial charge in [0.05, 0.1) is 29.8 Å². The highest BCUT2D eigenvalue weighted by molar-refractivity contribution is 6.34. The van der Waals surface area contributed by atoms with E-state index in [1.54, 1.807) is 18.2 Å². The number of carbonyl (C=O) groups excluding carboxylic acids is 3. The second-order valence-electron chi connectivity index (χ2n) is 10.8. The number of esters is 1. The topological polar surface area (TPSA) is 97.8 Å². The third-order valence-electron chi connectivity index (χ3n) is 7.98. The lowest BCUT2D eigenvalue weighted by molar-refractivity contribution is -0.252. The number of ketones is 1. The molecule has 1 unspecified atom stereocenters. The van der Waals surface area contributed by atoms with Crippen LogP contribution in [0.5, 0.6) is 0 Å². The molecule has 1 aromatic heterocycles. The van der Waals surface area contributed by atoms with E-state index in [9.17, 15) is 18.8 Å². The van der Waals surface area contributed by atoms with Crippen molar-refractivity contribution in [2.24, 2.45) is 5.92 Å². The number of halogens is 3. The molecule has 2 aliphatic rings. The number of nitrogens with zero attached hydrogens (tertiary/aromatic N) is 2. The van der Waals surface area contributed by atoms with Crippen molar-refractivity contribution in [3.05, 3.63) is 70.8 Å². The fourth-order valence-corrected chi connectivity index (χ4v) is 5.94. The van der Waals surface area contributed by atoms with E-state index < -0.39 is 29.6 Å². The maximum Gasteiger partial charge on any atom is 0.330 e. The molecule has 1 saturated heterocycles. The number of carbonyl (C=O) groups is 3. The molecule has 2 fully saturated rings. The number of pyridine rings is 1. The number of anilines is 1. The molecular weight excluding hydrogens is 568 g/mol. The van der Waals surface area contributed by atoms with Gasteiger partial charge in [0.2, 0.25) is 5.78 Å². The molecule has 2 heterocycles. The largest absolute Gasteiger partial charge is 0.469 e. The normalized spacial score (nSPS) is 20.7. The van der Waals surface area contributed by atoms with E-state index in [-0.39, 0.29) is 34.7 Å². The lowest BCUT2D eigenvalue weighted by atomic mass is 9.87. The van der Waals surface area contributed by atoms with E-state index in [0.717, 1.165) is 12.8 Å². The summed E-state index contributed by atoms with van der Waals surface area (Å²) in [5.74, 6) is -4.95. The Hall–Kier alpha value is -3.47. The van der Waals surface area contributed by atoms with Crippen LogP contribution in [-0.4, -0.2) is 59.8 Å². The van der Waals surface area contributed by atoms with Gasteiger partial charge in [0.25, 0.3) is 5.91 Å². The summed E-state index contributed by atoms with van der Waals surface area (Å²) in [5.41, 5.74) is 0.748. The molecule has 11 heteroatoms. The number of rotatable bonds is 9. The van der Waals surface area contributed by atoms with Crippen molar-refractivity contribution in [1.82, 2.24) is 9.88 Å². The Labute approximate surface area is 247 Å². The standard InChI is InChI=1S/C31H32ClF2N3O5/c1-41-30(40)21-6-9-23(10-7-21)42-31(34,37-14-2-3-15-37)27(38)17-19-4-11-26(25(32)16-19)36-29(39)28-24-18-22(33)8-5-20(24)12-13-35-28/h4-5,8,11-13,16,18,21,23H,2-3,6-7,9-10,14-15,17H2,1H3,(H,36,39). The molecule has 8 nitrogen and oxygen atoms in total. The SMILES string of the molecule is COC(=O)C1CCC(OC(F)(C(=O)Cc2ccc(NC(=O)c3nccc4ccc(F)cc34)c(Cl)c2)N2CCCC2)CC1. The lowest BCUT2D eigenvalue weighted by Gasteiger charge is -2.37. The van der Waals surface area contributed by atoms with Gasteiger partial charge in [0.1, 0.15) is 11.5 Å². The number of benzene rings is 2. The van der Waals surface area contributed by atoms with E-state index in [1.807, 2.05) is 0 Å². The zero-order valence-corrected chi connectivity index (χ0v) is 24.0. The Morgan fingerprint density at radius 1 is 1.07 bits per heavy atom. The molecule has 1 atom stereocenters.